The number of rotatable bonds is 4. The quantitative estimate of drug-likeness (QED) is 0.892. The lowest BCUT2D eigenvalue weighted by molar-refractivity contribution is -0.134. The zero-order valence-corrected chi connectivity index (χ0v) is 16.7. The number of likely N-dealkylation sites (tertiary alicyclic amines) is 1. The van der Waals surface area contributed by atoms with Crippen LogP contribution in [0.4, 0.5) is 5.82 Å². The van der Waals surface area contributed by atoms with Crippen molar-refractivity contribution in [3.05, 3.63) is 36.3 Å². The third-order valence-corrected chi connectivity index (χ3v) is 4.80. The lowest BCUT2D eigenvalue weighted by Gasteiger charge is -2.34. The monoisotopic (exact) mass is 367 g/mol. The minimum atomic E-state index is 0.00568. The predicted molar refractivity (Wildman–Crippen MR) is 107 cm³/mol. The number of aromatic nitrogens is 3. The minimum absolute atomic E-state index is 0.00568. The summed E-state index contributed by atoms with van der Waals surface area (Å²) in [5.41, 5.74) is 1.89. The largest absolute Gasteiger partial charge is 0.373 e. The summed E-state index contributed by atoms with van der Waals surface area (Å²) in [6.45, 7) is 7.88. The Morgan fingerprint density at radius 1 is 1.33 bits per heavy atom. The molecule has 1 aliphatic heterocycles. The van der Waals surface area contributed by atoms with Crippen molar-refractivity contribution in [1.29, 1.82) is 0 Å². The van der Waals surface area contributed by atoms with Crippen LogP contribution in [0.5, 0.6) is 0 Å². The Kier molecular flexibility index (Phi) is 5.73. The van der Waals surface area contributed by atoms with Gasteiger partial charge in [-0.1, -0.05) is 20.8 Å². The summed E-state index contributed by atoms with van der Waals surface area (Å²) < 4.78 is 0. The van der Waals surface area contributed by atoms with E-state index in [0.717, 1.165) is 43.0 Å². The van der Waals surface area contributed by atoms with Crippen molar-refractivity contribution in [2.75, 3.05) is 25.5 Å². The van der Waals surface area contributed by atoms with Crippen LogP contribution < -0.4 is 5.32 Å². The van der Waals surface area contributed by atoms with Gasteiger partial charge in [-0.05, 0) is 30.4 Å². The first-order valence-corrected chi connectivity index (χ1v) is 9.60. The molecule has 0 radical (unpaired) electrons. The fourth-order valence-electron chi connectivity index (χ4n) is 3.44. The number of amides is 1. The number of pyridine rings is 1. The molecule has 6 heteroatoms. The second kappa shape index (κ2) is 8.03. The molecule has 144 valence electrons. The van der Waals surface area contributed by atoms with E-state index in [1.807, 2.05) is 30.1 Å². The third kappa shape index (κ3) is 5.02. The first kappa shape index (κ1) is 19.3. The first-order valence-electron chi connectivity index (χ1n) is 9.60. The summed E-state index contributed by atoms with van der Waals surface area (Å²) in [7, 11) is 1.86. The van der Waals surface area contributed by atoms with Crippen molar-refractivity contribution < 1.29 is 4.79 Å². The highest BCUT2D eigenvalue weighted by Gasteiger charge is 2.28. The molecular formula is C21H29N5O. The SMILES string of the molecule is CNc1cc(C2CCCN(C(=O)CC(C)(C)C)C2)nc(-c2cccnc2)n1. The Balaban J connectivity index is 1.84. The molecule has 1 aliphatic rings. The number of carbonyl (C=O) groups excluding carboxylic acids is 1. The zero-order chi connectivity index (χ0) is 19.4. The van der Waals surface area contributed by atoms with E-state index in [2.05, 4.69) is 36.1 Å². The molecule has 0 aliphatic carbocycles. The van der Waals surface area contributed by atoms with Crippen molar-refractivity contribution in [2.24, 2.45) is 5.41 Å². The van der Waals surface area contributed by atoms with Gasteiger partial charge in [0.1, 0.15) is 5.82 Å². The Bertz CT molecular complexity index is 785. The smallest absolute Gasteiger partial charge is 0.223 e. The van der Waals surface area contributed by atoms with E-state index in [1.165, 1.54) is 0 Å². The van der Waals surface area contributed by atoms with Crippen LogP contribution in [-0.4, -0.2) is 45.9 Å². The average molecular weight is 367 g/mol. The number of hydrogen-bond acceptors (Lipinski definition) is 5. The number of piperidine rings is 1. The molecule has 2 aromatic rings. The van der Waals surface area contributed by atoms with Crippen LogP contribution in [0.25, 0.3) is 11.4 Å². The van der Waals surface area contributed by atoms with Gasteiger partial charge < -0.3 is 10.2 Å². The molecule has 6 nitrogen and oxygen atoms in total. The summed E-state index contributed by atoms with van der Waals surface area (Å²) in [5.74, 6) is 1.93. The van der Waals surface area contributed by atoms with E-state index < -0.39 is 0 Å². The van der Waals surface area contributed by atoms with E-state index in [4.69, 9.17) is 4.98 Å². The minimum Gasteiger partial charge on any atom is -0.373 e. The highest BCUT2D eigenvalue weighted by atomic mass is 16.2. The lowest BCUT2D eigenvalue weighted by Crippen LogP contribution is -2.40. The van der Waals surface area contributed by atoms with E-state index in [-0.39, 0.29) is 17.2 Å². The molecule has 3 rings (SSSR count). The maximum absolute atomic E-state index is 12.7. The maximum atomic E-state index is 12.7. The van der Waals surface area contributed by atoms with Gasteiger partial charge in [0.25, 0.3) is 0 Å². The molecule has 1 unspecified atom stereocenters. The molecule has 0 spiro atoms. The van der Waals surface area contributed by atoms with Crippen LogP contribution >= 0.6 is 0 Å². The summed E-state index contributed by atoms with van der Waals surface area (Å²) in [6, 6.07) is 5.85. The first-order chi connectivity index (χ1) is 12.9. The second-order valence-corrected chi connectivity index (χ2v) is 8.41. The molecule has 0 aromatic carbocycles. The molecule has 1 amide bonds. The topological polar surface area (TPSA) is 71.0 Å². The molecule has 2 aromatic heterocycles. The summed E-state index contributed by atoms with van der Waals surface area (Å²) in [5, 5.41) is 3.13. The molecule has 1 fully saturated rings. The third-order valence-electron chi connectivity index (χ3n) is 4.80. The van der Waals surface area contributed by atoms with Crippen LogP contribution in [0, 0.1) is 5.41 Å². The van der Waals surface area contributed by atoms with Crippen molar-refractivity contribution in [3.8, 4) is 11.4 Å². The Morgan fingerprint density at radius 2 is 2.15 bits per heavy atom. The molecule has 3 heterocycles. The fraction of sp³-hybridized carbons (Fsp3) is 0.524. The van der Waals surface area contributed by atoms with E-state index >= 15 is 0 Å². The van der Waals surface area contributed by atoms with Crippen molar-refractivity contribution in [1.82, 2.24) is 19.9 Å². The molecule has 1 saturated heterocycles. The average Bonchev–Trinajstić information content (AvgIpc) is 2.67. The lowest BCUT2D eigenvalue weighted by atomic mass is 9.89. The van der Waals surface area contributed by atoms with Crippen molar-refractivity contribution in [2.45, 2.75) is 46.0 Å². The van der Waals surface area contributed by atoms with Crippen molar-refractivity contribution >= 4 is 11.7 Å². The Hall–Kier alpha value is -2.50. The van der Waals surface area contributed by atoms with E-state index in [9.17, 15) is 4.79 Å². The Morgan fingerprint density at radius 3 is 2.81 bits per heavy atom. The van der Waals surface area contributed by atoms with Gasteiger partial charge in [0.15, 0.2) is 5.82 Å². The number of anilines is 1. The fourth-order valence-corrected chi connectivity index (χ4v) is 3.44. The van der Waals surface area contributed by atoms with Crippen LogP contribution in [-0.2, 0) is 4.79 Å². The summed E-state index contributed by atoms with van der Waals surface area (Å²) in [6.07, 6.45) is 6.13. The molecule has 1 atom stereocenters. The summed E-state index contributed by atoms with van der Waals surface area (Å²) >= 11 is 0. The molecule has 0 bridgehead atoms. The molecule has 27 heavy (non-hydrogen) atoms. The summed E-state index contributed by atoms with van der Waals surface area (Å²) in [4.78, 5) is 28.2. The van der Waals surface area contributed by atoms with Gasteiger partial charge in [-0.3, -0.25) is 9.78 Å². The maximum Gasteiger partial charge on any atom is 0.223 e. The molecule has 1 N–H and O–H groups in total. The predicted octanol–water partition coefficient (Wildman–Crippen LogP) is 3.72. The zero-order valence-electron chi connectivity index (χ0n) is 16.7. The number of nitrogens with zero attached hydrogens (tertiary/aromatic N) is 4. The normalized spacial score (nSPS) is 17.6. The van der Waals surface area contributed by atoms with Gasteiger partial charge >= 0.3 is 0 Å². The second-order valence-electron chi connectivity index (χ2n) is 8.41. The van der Waals surface area contributed by atoms with Gasteiger partial charge in [-0.25, -0.2) is 9.97 Å². The number of carbonyl (C=O) groups is 1. The number of nitrogens with one attached hydrogen (secondary N) is 1. The number of hydrogen-bond donors (Lipinski definition) is 1. The van der Waals surface area contributed by atoms with Gasteiger partial charge in [0.2, 0.25) is 5.91 Å². The van der Waals surface area contributed by atoms with Gasteiger partial charge in [0.05, 0.1) is 5.69 Å². The van der Waals surface area contributed by atoms with Crippen molar-refractivity contribution in [3.63, 3.8) is 0 Å². The molecule has 0 saturated carbocycles. The molecular weight excluding hydrogens is 338 g/mol. The van der Waals surface area contributed by atoms with Crippen LogP contribution in [0.2, 0.25) is 0 Å². The Labute approximate surface area is 161 Å². The van der Waals surface area contributed by atoms with Crippen LogP contribution in [0.1, 0.15) is 51.6 Å². The van der Waals surface area contributed by atoms with Gasteiger partial charge in [-0.2, -0.15) is 0 Å². The van der Waals surface area contributed by atoms with Crippen LogP contribution in [0.3, 0.4) is 0 Å². The van der Waals surface area contributed by atoms with Gasteiger partial charge in [-0.15, -0.1) is 0 Å². The highest BCUT2D eigenvalue weighted by Crippen LogP contribution is 2.30. The van der Waals surface area contributed by atoms with E-state index in [0.29, 0.717) is 12.2 Å². The standard InChI is InChI=1S/C21H29N5O/c1-21(2,3)12-19(27)26-10-6-8-16(14-26)17-11-18(22-4)25-20(24-17)15-7-5-9-23-13-15/h5,7,9,11,13,16H,6,8,10,12,14H2,1-4H3,(H,22,24,25). The van der Waals surface area contributed by atoms with Gasteiger partial charge in [0, 0.05) is 56.5 Å². The van der Waals surface area contributed by atoms with E-state index in [1.54, 1.807) is 12.4 Å². The highest BCUT2D eigenvalue weighted by molar-refractivity contribution is 5.77. The van der Waals surface area contributed by atoms with Crippen LogP contribution in [0.15, 0.2) is 30.6 Å².